The first-order chi connectivity index (χ1) is 10.5. The van der Waals surface area contributed by atoms with Crippen molar-refractivity contribution in [3.8, 4) is 11.5 Å². The first-order valence-electron chi connectivity index (χ1n) is 6.38. The highest BCUT2D eigenvalue weighted by molar-refractivity contribution is 5.81. The summed E-state index contributed by atoms with van der Waals surface area (Å²) in [7, 11) is 1.47. The molecule has 0 aliphatic carbocycles. The molecule has 2 aromatic rings. The number of anilines is 1. The standard InChI is InChI=1S/C14H16N4O4/c1-9-7-18(14(15)17-9)16-6-10-3-4-11(12(5-10)21-2)22-8-13(19)20/h3-7H,8H2,1-2H3,(H2,15,17)(H,19,20). The van der Waals surface area contributed by atoms with Crippen molar-refractivity contribution in [1.29, 1.82) is 0 Å². The largest absolute Gasteiger partial charge is 0.493 e. The lowest BCUT2D eigenvalue weighted by atomic mass is 10.2. The first kappa shape index (κ1) is 15.4. The lowest BCUT2D eigenvalue weighted by molar-refractivity contribution is -0.139. The normalized spacial score (nSPS) is 10.8. The lowest BCUT2D eigenvalue weighted by Crippen LogP contribution is -2.10. The molecule has 0 saturated heterocycles. The van der Waals surface area contributed by atoms with E-state index in [1.54, 1.807) is 30.6 Å². The van der Waals surface area contributed by atoms with E-state index in [-0.39, 0.29) is 0 Å². The fraction of sp³-hybridized carbons (Fsp3) is 0.214. The van der Waals surface area contributed by atoms with Crippen LogP contribution in [0.15, 0.2) is 29.5 Å². The van der Waals surface area contributed by atoms with E-state index < -0.39 is 12.6 Å². The molecule has 0 saturated carbocycles. The number of nitrogens with two attached hydrogens (primary N) is 1. The van der Waals surface area contributed by atoms with Crippen LogP contribution >= 0.6 is 0 Å². The van der Waals surface area contributed by atoms with Crippen LogP contribution in [0.5, 0.6) is 11.5 Å². The Morgan fingerprint density at radius 2 is 2.27 bits per heavy atom. The summed E-state index contributed by atoms with van der Waals surface area (Å²) in [4.78, 5) is 14.6. The van der Waals surface area contributed by atoms with Gasteiger partial charge in [0.1, 0.15) is 0 Å². The third kappa shape index (κ3) is 3.75. The lowest BCUT2D eigenvalue weighted by Gasteiger charge is -2.09. The first-order valence-corrected chi connectivity index (χ1v) is 6.38. The Balaban J connectivity index is 2.18. The number of carboxylic acid groups (broad SMARTS) is 1. The van der Waals surface area contributed by atoms with E-state index in [0.29, 0.717) is 17.4 Å². The van der Waals surface area contributed by atoms with Crippen molar-refractivity contribution in [2.24, 2.45) is 5.10 Å². The average molecular weight is 304 g/mol. The molecule has 1 heterocycles. The molecule has 0 unspecified atom stereocenters. The van der Waals surface area contributed by atoms with Crippen molar-refractivity contribution >= 4 is 18.1 Å². The van der Waals surface area contributed by atoms with E-state index in [9.17, 15) is 4.79 Å². The topological polar surface area (TPSA) is 112 Å². The number of methoxy groups -OCH3 is 1. The molecule has 0 amide bonds. The highest BCUT2D eigenvalue weighted by atomic mass is 16.5. The molecule has 0 aliphatic heterocycles. The van der Waals surface area contributed by atoms with E-state index >= 15 is 0 Å². The number of hydrogen-bond acceptors (Lipinski definition) is 6. The number of ether oxygens (including phenoxy) is 2. The van der Waals surface area contributed by atoms with Crippen LogP contribution in [-0.2, 0) is 4.79 Å². The van der Waals surface area contributed by atoms with Gasteiger partial charge in [0, 0.05) is 0 Å². The van der Waals surface area contributed by atoms with Gasteiger partial charge in [-0.05, 0) is 30.7 Å². The van der Waals surface area contributed by atoms with Gasteiger partial charge in [-0.3, -0.25) is 0 Å². The molecule has 1 aromatic carbocycles. The van der Waals surface area contributed by atoms with Gasteiger partial charge in [0.25, 0.3) is 0 Å². The van der Waals surface area contributed by atoms with Crippen LogP contribution in [0.25, 0.3) is 0 Å². The van der Waals surface area contributed by atoms with Gasteiger partial charge in [-0.15, -0.1) is 0 Å². The summed E-state index contributed by atoms with van der Waals surface area (Å²) in [5.41, 5.74) is 7.20. The number of carboxylic acids is 1. The maximum absolute atomic E-state index is 10.5. The maximum Gasteiger partial charge on any atom is 0.341 e. The smallest absolute Gasteiger partial charge is 0.341 e. The van der Waals surface area contributed by atoms with Gasteiger partial charge in [0.2, 0.25) is 5.95 Å². The molecule has 0 fully saturated rings. The predicted octanol–water partition coefficient (Wildman–Crippen LogP) is 1.13. The summed E-state index contributed by atoms with van der Waals surface area (Å²) < 4.78 is 11.8. The molecule has 0 spiro atoms. The van der Waals surface area contributed by atoms with Crippen molar-refractivity contribution < 1.29 is 19.4 Å². The molecule has 0 atom stereocenters. The zero-order chi connectivity index (χ0) is 16.1. The van der Waals surface area contributed by atoms with Gasteiger partial charge >= 0.3 is 5.97 Å². The highest BCUT2D eigenvalue weighted by Gasteiger charge is 2.07. The molecule has 116 valence electrons. The minimum Gasteiger partial charge on any atom is -0.493 e. The number of aliphatic carboxylic acids is 1. The minimum absolute atomic E-state index is 0.294. The van der Waals surface area contributed by atoms with Crippen molar-refractivity contribution in [3.63, 3.8) is 0 Å². The Morgan fingerprint density at radius 1 is 1.50 bits per heavy atom. The van der Waals surface area contributed by atoms with Gasteiger partial charge in [-0.1, -0.05) is 0 Å². The molecule has 0 radical (unpaired) electrons. The summed E-state index contributed by atoms with van der Waals surface area (Å²) in [5.74, 6) is 0.000736. The van der Waals surface area contributed by atoms with Gasteiger partial charge in [-0.25, -0.2) is 14.5 Å². The molecule has 3 N–H and O–H groups in total. The fourth-order valence-corrected chi connectivity index (χ4v) is 1.75. The summed E-state index contributed by atoms with van der Waals surface area (Å²) >= 11 is 0. The SMILES string of the molecule is COc1cc(C=Nn2cc(C)nc2N)ccc1OCC(=O)O. The number of imidazole rings is 1. The maximum atomic E-state index is 10.5. The molecule has 0 bridgehead atoms. The third-order valence-electron chi connectivity index (χ3n) is 2.70. The number of rotatable bonds is 6. The Labute approximate surface area is 126 Å². The minimum atomic E-state index is -1.06. The van der Waals surface area contributed by atoms with Crippen LogP contribution in [0, 0.1) is 6.92 Å². The second-order valence-electron chi connectivity index (χ2n) is 4.42. The Hall–Kier alpha value is -3.03. The third-order valence-corrected chi connectivity index (χ3v) is 2.70. The molecule has 1 aromatic heterocycles. The molecule has 2 rings (SSSR count). The van der Waals surface area contributed by atoms with Crippen LogP contribution in [-0.4, -0.2) is 40.7 Å². The van der Waals surface area contributed by atoms with E-state index in [2.05, 4.69) is 10.1 Å². The highest BCUT2D eigenvalue weighted by Crippen LogP contribution is 2.27. The van der Waals surface area contributed by atoms with E-state index in [1.165, 1.54) is 11.8 Å². The monoisotopic (exact) mass is 304 g/mol. The molecule has 0 aliphatic rings. The van der Waals surface area contributed by atoms with Gasteiger partial charge in [0.15, 0.2) is 18.1 Å². The Bertz CT molecular complexity index is 709. The summed E-state index contributed by atoms with van der Waals surface area (Å²) in [6.45, 7) is 1.38. The van der Waals surface area contributed by atoms with Crippen LogP contribution in [0.2, 0.25) is 0 Å². The van der Waals surface area contributed by atoms with Crippen molar-refractivity contribution in [3.05, 3.63) is 35.7 Å². The van der Waals surface area contributed by atoms with Gasteiger partial charge in [-0.2, -0.15) is 5.10 Å². The summed E-state index contributed by atoms with van der Waals surface area (Å²) in [6, 6.07) is 5.02. The van der Waals surface area contributed by atoms with Crippen LogP contribution in [0.3, 0.4) is 0 Å². The zero-order valence-corrected chi connectivity index (χ0v) is 12.2. The molecule has 22 heavy (non-hydrogen) atoms. The van der Waals surface area contributed by atoms with E-state index in [1.807, 2.05) is 6.92 Å². The predicted molar refractivity (Wildman–Crippen MR) is 80.5 cm³/mol. The van der Waals surface area contributed by atoms with Crippen molar-refractivity contribution in [2.45, 2.75) is 6.92 Å². The van der Waals surface area contributed by atoms with Crippen LogP contribution < -0.4 is 15.2 Å². The number of carbonyl (C=O) groups is 1. The number of aryl methyl sites for hydroxylation is 1. The van der Waals surface area contributed by atoms with Crippen LogP contribution in [0.4, 0.5) is 5.95 Å². The number of hydrogen-bond donors (Lipinski definition) is 2. The number of nitrogen functional groups attached to an aromatic ring is 1. The number of nitrogens with zero attached hydrogens (tertiary/aromatic N) is 3. The Kier molecular flexibility index (Phi) is 4.62. The van der Waals surface area contributed by atoms with Crippen molar-refractivity contribution in [2.75, 3.05) is 19.5 Å². The second kappa shape index (κ2) is 6.61. The molecule has 8 heteroatoms. The molecular weight excluding hydrogens is 288 g/mol. The zero-order valence-electron chi connectivity index (χ0n) is 12.2. The molecule has 8 nitrogen and oxygen atoms in total. The summed E-state index contributed by atoms with van der Waals surface area (Å²) in [5, 5.41) is 12.8. The number of benzene rings is 1. The van der Waals surface area contributed by atoms with Gasteiger partial charge in [0.05, 0.1) is 25.2 Å². The Morgan fingerprint density at radius 3 is 2.86 bits per heavy atom. The van der Waals surface area contributed by atoms with Crippen molar-refractivity contribution in [1.82, 2.24) is 9.66 Å². The molecular formula is C14H16N4O4. The quantitative estimate of drug-likeness (QED) is 0.774. The average Bonchev–Trinajstić information content (AvgIpc) is 2.81. The number of aromatic nitrogens is 2. The van der Waals surface area contributed by atoms with Gasteiger partial charge < -0.3 is 20.3 Å². The summed E-state index contributed by atoms with van der Waals surface area (Å²) in [6.07, 6.45) is 3.29. The van der Waals surface area contributed by atoms with E-state index in [0.717, 1.165) is 11.3 Å². The van der Waals surface area contributed by atoms with Crippen LogP contribution in [0.1, 0.15) is 11.3 Å². The second-order valence-corrected chi connectivity index (χ2v) is 4.42. The fourth-order valence-electron chi connectivity index (χ4n) is 1.75. The van der Waals surface area contributed by atoms with E-state index in [4.69, 9.17) is 20.3 Å².